The van der Waals surface area contributed by atoms with Gasteiger partial charge in [-0.05, 0) is 50.4 Å². The van der Waals surface area contributed by atoms with Crippen LogP contribution in [0.2, 0.25) is 0 Å². The number of anilines is 1. The molecule has 1 aromatic carbocycles. The molecular formula is C19H25F3N4O3. The van der Waals surface area contributed by atoms with E-state index < -0.39 is 24.2 Å². The number of primary amides is 1. The van der Waals surface area contributed by atoms with Crippen LogP contribution in [0.4, 0.5) is 18.9 Å². The van der Waals surface area contributed by atoms with Crippen molar-refractivity contribution in [3.63, 3.8) is 0 Å². The minimum Gasteiger partial charge on any atom is -0.406 e. The van der Waals surface area contributed by atoms with Crippen LogP contribution >= 0.6 is 0 Å². The number of amides is 2. The number of rotatable bonds is 5. The van der Waals surface area contributed by atoms with Crippen LogP contribution in [0.1, 0.15) is 24.8 Å². The van der Waals surface area contributed by atoms with Gasteiger partial charge in [0.2, 0.25) is 11.8 Å². The van der Waals surface area contributed by atoms with Crippen LogP contribution in [0.25, 0.3) is 0 Å². The van der Waals surface area contributed by atoms with Gasteiger partial charge in [-0.1, -0.05) is 0 Å². The van der Waals surface area contributed by atoms with E-state index in [1.807, 2.05) is 0 Å². The second kappa shape index (κ2) is 8.48. The molecule has 10 heteroatoms. The second-order valence-electron chi connectivity index (χ2n) is 7.52. The molecule has 0 saturated carbocycles. The van der Waals surface area contributed by atoms with E-state index in [9.17, 15) is 22.8 Å². The number of carbonyl (C=O) groups excluding carboxylic acids is 2. The molecule has 29 heavy (non-hydrogen) atoms. The Morgan fingerprint density at radius 1 is 1.31 bits per heavy atom. The number of hydrogen-bond acceptors (Lipinski definition) is 5. The Balaban J connectivity index is 1.75. The highest BCUT2D eigenvalue weighted by Gasteiger charge is 2.40. The molecule has 160 valence electrons. The molecule has 0 aliphatic carbocycles. The fourth-order valence-electron chi connectivity index (χ4n) is 4.09. The minimum atomic E-state index is -4.79. The summed E-state index contributed by atoms with van der Waals surface area (Å²) < 4.78 is 41.6. The number of piperidine rings is 2. The molecule has 2 aliphatic heterocycles. The first kappa shape index (κ1) is 21.2. The highest BCUT2D eigenvalue weighted by atomic mass is 19.4. The van der Waals surface area contributed by atoms with E-state index in [0.29, 0.717) is 50.1 Å². The SMILES string of the molecule is Cc1cc(N[C@@H]2CCCN([C@H]3CNCC[C@@H]3C(N)=O)C2=O)cc(OC(F)(F)F)c1. The zero-order chi connectivity index (χ0) is 21.2. The van der Waals surface area contributed by atoms with Gasteiger partial charge in [-0.3, -0.25) is 9.59 Å². The summed E-state index contributed by atoms with van der Waals surface area (Å²) in [5.74, 6) is -1.36. The van der Waals surface area contributed by atoms with Crippen molar-refractivity contribution < 1.29 is 27.5 Å². The van der Waals surface area contributed by atoms with Crippen LogP contribution in [-0.2, 0) is 9.59 Å². The summed E-state index contributed by atoms with van der Waals surface area (Å²) in [6, 6.07) is 3.24. The van der Waals surface area contributed by atoms with Crippen molar-refractivity contribution in [2.45, 2.75) is 44.6 Å². The van der Waals surface area contributed by atoms with Gasteiger partial charge in [0.1, 0.15) is 11.8 Å². The first-order valence-corrected chi connectivity index (χ1v) is 9.58. The van der Waals surface area contributed by atoms with Gasteiger partial charge < -0.3 is 26.0 Å². The van der Waals surface area contributed by atoms with E-state index in [2.05, 4.69) is 15.4 Å². The fraction of sp³-hybridized carbons (Fsp3) is 0.579. The predicted octanol–water partition coefficient (Wildman–Crippen LogP) is 1.76. The number of nitrogens with one attached hydrogen (secondary N) is 2. The van der Waals surface area contributed by atoms with Crippen molar-refractivity contribution in [1.82, 2.24) is 10.2 Å². The average molecular weight is 414 g/mol. The summed E-state index contributed by atoms with van der Waals surface area (Å²) in [7, 11) is 0. The summed E-state index contributed by atoms with van der Waals surface area (Å²) in [5.41, 5.74) is 6.47. The number of benzene rings is 1. The first-order valence-electron chi connectivity index (χ1n) is 9.58. The molecule has 0 spiro atoms. The maximum Gasteiger partial charge on any atom is 0.573 e. The van der Waals surface area contributed by atoms with Crippen LogP contribution < -0.4 is 21.1 Å². The normalized spacial score (nSPS) is 25.6. The number of aryl methyl sites for hydroxylation is 1. The molecule has 0 aromatic heterocycles. The van der Waals surface area contributed by atoms with E-state index in [1.165, 1.54) is 12.1 Å². The number of alkyl halides is 3. The van der Waals surface area contributed by atoms with Gasteiger partial charge in [-0.15, -0.1) is 13.2 Å². The molecule has 0 radical (unpaired) electrons. The van der Waals surface area contributed by atoms with Gasteiger partial charge in [0, 0.05) is 24.8 Å². The summed E-state index contributed by atoms with van der Waals surface area (Å²) in [6.07, 6.45) is -2.97. The second-order valence-corrected chi connectivity index (χ2v) is 7.52. The molecule has 4 N–H and O–H groups in total. The number of nitrogens with two attached hydrogens (primary N) is 1. The van der Waals surface area contributed by atoms with Crippen molar-refractivity contribution in [1.29, 1.82) is 0 Å². The van der Waals surface area contributed by atoms with Crippen molar-refractivity contribution in [3.05, 3.63) is 23.8 Å². The molecule has 7 nitrogen and oxygen atoms in total. The Morgan fingerprint density at radius 2 is 2.07 bits per heavy atom. The van der Waals surface area contributed by atoms with Crippen LogP contribution in [0, 0.1) is 12.8 Å². The topological polar surface area (TPSA) is 96.7 Å². The molecule has 3 atom stereocenters. The summed E-state index contributed by atoms with van der Waals surface area (Å²) in [6.45, 7) is 3.32. The number of carbonyl (C=O) groups is 2. The molecule has 2 heterocycles. The summed E-state index contributed by atoms with van der Waals surface area (Å²) in [4.78, 5) is 26.6. The lowest BCUT2D eigenvalue weighted by atomic mass is 9.88. The van der Waals surface area contributed by atoms with E-state index in [-0.39, 0.29) is 17.7 Å². The lowest BCUT2D eigenvalue weighted by molar-refractivity contribution is -0.274. The van der Waals surface area contributed by atoms with Crippen molar-refractivity contribution >= 4 is 17.5 Å². The standard InChI is InChI=1S/C19H25F3N4O3/c1-11-7-12(9-13(8-11)29-19(20,21)22)25-15-3-2-6-26(18(15)28)16-10-24-5-4-14(16)17(23)27/h7-9,14-16,24-25H,2-6,10H2,1H3,(H2,23,27)/t14-,15+,16-/m0/s1. The van der Waals surface area contributed by atoms with Gasteiger partial charge in [-0.2, -0.15) is 0 Å². The molecule has 0 bridgehead atoms. The molecule has 2 fully saturated rings. The van der Waals surface area contributed by atoms with E-state index >= 15 is 0 Å². The smallest absolute Gasteiger partial charge is 0.406 e. The number of nitrogens with zero attached hydrogens (tertiary/aromatic N) is 1. The van der Waals surface area contributed by atoms with Crippen molar-refractivity contribution in [2.24, 2.45) is 11.7 Å². The average Bonchev–Trinajstić information content (AvgIpc) is 2.61. The Kier molecular flexibility index (Phi) is 6.21. The largest absolute Gasteiger partial charge is 0.573 e. The zero-order valence-electron chi connectivity index (χ0n) is 16.1. The van der Waals surface area contributed by atoms with Crippen molar-refractivity contribution in [3.8, 4) is 5.75 Å². The number of halogens is 3. The van der Waals surface area contributed by atoms with Crippen molar-refractivity contribution in [2.75, 3.05) is 25.0 Å². The quantitative estimate of drug-likeness (QED) is 0.682. The lowest BCUT2D eigenvalue weighted by Gasteiger charge is -2.43. The van der Waals surface area contributed by atoms with Gasteiger partial charge in [0.15, 0.2) is 0 Å². The molecule has 3 rings (SSSR count). The Hall–Kier alpha value is -2.49. The monoisotopic (exact) mass is 414 g/mol. The number of likely N-dealkylation sites (tertiary alicyclic amines) is 1. The number of ether oxygens (including phenoxy) is 1. The maximum atomic E-state index is 13.1. The van der Waals surface area contributed by atoms with Crippen LogP contribution in [0.15, 0.2) is 18.2 Å². The third-order valence-electron chi connectivity index (χ3n) is 5.31. The van der Waals surface area contributed by atoms with Gasteiger partial charge in [0.05, 0.1) is 12.0 Å². The van der Waals surface area contributed by atoms with Gasteiger partial charge in [-0.25, -0.2) is 0 Å². The third kappa shape index (κ3) is 5.31. The van der Waals surface area contributed by atoms with Gasteiger partial charge >= 0.3 is 6.36 Å². The van der Waals surface area contributed by atoms with Crippen LogP contribution in [-0.4, -0.2) is 54.8 Å². The van der Waals surface area contributed by atoms with E-state index in [0.717, 1.165) is 0 Å². The molecule has 0 unspecified atom stereocenters. The zero-order valence-corrected chi connectivity index (χ0v) is 16.1. The number of hydrogen-bond donors (Lipinski definition) is 3. The Labute approximate surface area is 166 Å². The lowest BCUT2D eigenvalue weighted by Crippen LogP contribution is -2.60. The first-order chi connectivity index (χ1) is 13.6. The predicted molar refractivity (Wildman–Crippen MR) is 100 cm³/mol. The summed E-state index contributed by atoms with van der Waals surface area (Å²) in [5, 5.41) is 6.23. The van der Waals surface area contributed by atoms with Crippen LogP contribution in [0.3, 0.4) is 0 Å². The molecule has 2 saturated heterocycles. The van der Waals surface area contributed by atoms with E-state index in [1.54, 1.807) is 17.9 Å². The molecule has 2 amide bonds. The highest BCUT2D eigenvalue weighted by Crippen LogP contribution is 2.29. The highest BCUT2D eigenvalue weighted by molar-refractivity contribution is 5.87. The fourth-order valence-corrected chi connectivity index (χ4v) is 4.09. The molecular weight excluding hydrogens is 389 g/mol. The summed E-state index contributed by atoms with van der Waals surface area (Å²) >= 11 is 0. The Bertz CT molecular complexity index is 772. The van der Waals surface area contributed by atoms with Gasteiger partial charge in [0.25, 0.3) is 0 Å². The van der Waals surface area contributed by atoms with Crippen LogP contribution in [0.5, 0.6) is 5.75 Å². The maximum absolute atomic E-state index is 13.1. The molecule has 2 aliphatic rings. The molecule has 1 aromatic rings. The van der Waals surface area contributed by atoms with E-state index in [4.69, 9.17) is 5.73 Å². The third-order valence-corrected chi connectivity index (χ3v) is 5.31. The Morgan fingerprint density at radius 3 is 2.76 bits per heavy atom. The minimum absolute atomic E-state index is 0.184.